The first kappa shape index (κ1) is 18.1. The normalized spacial score (nSPS) is 18.1. The zero-order valence-electron chi connectivity index (χ0n) is 15.3. The van der Waals surface area contributed by atoms with Gasteiger partial charge in [-0.3, -0.25) is 9.78 Å². The van der Waals surface area contributed by atoms with Crippen molar-refractivity contribution in [1.82, 2.24) is 9.88 Å². The van der Waals surface area contributed by atoms with Gasteiger partial charge >= 0.3 is 0 Å². The lowest BCUT2D eigenvalue weighted by Crippen LogP contribution is -2.44. The smallest absolute Gasteiger partial charge is 0.243 e. The van der Waals surface area contributed by atoms with E-state index in [9.17, 15) is 10.1 Å². The van der Waals surface area contributed by atoms with Crippen molar-refractivity contribution in [2.24, 2.45) is 5.41 Å². The van der Waals surface area contributed by atoms with Crippen molar-refractivity contribution in [3.63, 3.8) is 0 Å². The number of carbonyl (C=O) groups excluding carboxylic acids is 1. The molecule has 6 heteroatoms. The van der Waals surface area contributed by atoms with Gasteiger partial charge in [0.25, 0.3) is 0 Å². The predicted octanol–water partition coefficient (Wildman–Crippen LogP) is 3.83. The van der Waals surface area contributed by atoms with Crippen LogP contribution in [0, 0.1) is 16.7 Å². The first-order valence-electron chi connectivity index (χ1n) is 9.48. The molecule has 0 atom stereocenters. The molecule has 0 unspecified atom stereocenters. The number of amides is 1. The Morgan fingerprint density at radius 1 is 1.30 bits per heavy atom. The lowest BCUT2D eigenvalue weighted by atomic mass is 9.85. The summed E-state index contributed by atoms with van der Waals surface area (Å²) < 4.78 is 5.83. The summed E-state index contributed by atoms with van der Waals surface area (Å²) in [6.45, 7) is 2.49. The van der Waals surface area contributed by atoms with Crippen LogP contribution >= 0.6 is 11.3 Å². The Kier molecular flexibility index (Phi) is 5.24. The van der Waals surface area contributed by atoms with Gasteiger partial charge < -0.3 is 9.64 Å². The number of hydrogen-bond donors (Lipinski definition) is 0. The molecule has 0 bridgehead atoms. The Bertz CT molecular complexity index is 850. The van der Waals surface area contributed by atoms with Gasteiger partial charge in [-0.1, -0.05) is 12.8 Å². The van der Waals surface area contributed by atoms with Crippen molar-refractivity contribution >= 4 is 17.2 Å². The molecule has 2 aliphatic rings. The van der Waals surface area contributed by atoms with E-state index in [1.165, 1.54) is 15.3 Å². The fraction of sp³-hybridized carbons (Fsp3) is 0.476. The molecule has 4 rings (SSSR count). The van der Waals surface area contributed by atoms with Crippen molar-refractivity contribution in [3.05, 3.63) is 51.5 Å². The molecular weight excluding hydrogens is 358 g/mol. The molecule has 3 heterocycles. The Labute approximate surface area is 163 Å². The van der Waals surface area contributed by atoms with E-state index in [1.54, 1.807) is 23.7 Å². The summed E-state index contributed by atoms with van der Waals surface area (Å²) >= 11 is 1.78. The van der Waals surface area contributed by atoms with E-state index in [4.69, 9.17) is 4.74 Å². The Morgan fingerprint density at radius 2 is 2.07 bits per heavy atom. The van der Waals surface area contributed by atoms with Crippen LogP contribution in [-0.2, 0) is 35.7 Å². The number of carbonyl (C=O) groups is 1. The zero-order chi connectivity index (χ0) is 18.7. The molecule has 1 aliphatic carbocycles. The Balaban J connectivity index is 1.37. The average Bonchev–Trinajstić information content (AvgIpc) is 3.35. The third kappa shape index (κ3) is 3.76. The molecule has 2 aromatic heterocycles. The van der Waals surface area contributed by atoms with Crippen LogP contribution in [0.4, 0.5) is 0 Å². The van der Waals surface area contributed by atoms with Gasteiger partial charge in [-0.05, 0) is 48.6 Å². The zero-order valence-corrected chi connectivity index (χ0v) is 16.1. The predicted molar refractivity (Wildman–Crippen MR) is 103 cm³/mol. The minimum absolute atomic E-state index is 0.0369. The number of fused-ring (bicyclic) bond motifs is 1. The topological polar surface area (TPSA) is 66.2 Å². The molecule has 1 aliphatic heterocycles. The Hall–Kier alpha value is -2.23. The molecule has 1 fully saturated rings. The molecule has 0 saturated heterocycles. The maximum Gasteiger partial charge on any atom is 0.243 e. The highest BCUT2D eigenvalue weighted by molar-refractivity contribution is 7.12. The summed E-state index contributed by atoms with van der Waals surface area (Å²) in [7, 11) is 0. The molecule has 140 valence electrons. The van der Waals surface area contributed by atoms with Crippen LogP contribution in [0.15, 0.2) is 30.6 Å². The second-order valence-corrected chi connectivity index (χ2v) is 8.61. The van der Waals surface area contributed by atoms with Crippen LogP contribution < -0.4 is 0 Å². The summed E-state index contributed by atoms with van der Waals surface area (Å²) in [5, 5.41) is 9.59. The molecule has 27 heavy (non-hydrogen) atoms. The molecule has 2 aromatic rings. The standard InChI is InChI=1S/C21H23N3O2S/c22-15-21(6-1-2-7-21)20(25)24-10-5-19-17(12-24)11-18(27-19)14-26-13-16-3-8-23-9-4-16/h3-4,8-9,11H,1-2,5-7,10,12-14H2. The van der Waals surface area contributed by atoms with Crippen LogP contribution in [0.1, 0.15) is 46.6 Å². The first-order valence-corrected chi connectivity index (χ1v) is 10.3. The summed E-state index contributed by atoms with van der Waals surface area (Å²) in [6.07, 6.45) is 7.80. The van der Waals surface area contributed by atoms with Gasteiger partial charge in [0.1, 0.15) is 5.41 Å². The molecule has 0 aromatic carbocycles. The van der Waals surface area contributed by atoms with Crippen LogP contribution in [0.5, 0.6) is 0 Å². The van der Waals surface area contributed by atoms with E-state index < -0.39 is 5.41 Å². The van der Waals surface area contributed by atoms with Crippen molar-refractivity contribution in [1.29, 1.82) is 5.26 Å². The third-order valence-electron chi connectivity index (χ3n) is 5.55. The van der Waals surface area contributed by atoms with Crippen LogP contribution in [-0.4, -0.2) is 22.3 Å². The van der Waals surface area contributed by atoms with E-state index in [2.05, 4.69) is 17.1 Å². The highest BCUT2D eigenvalue weighted by atomic mass is 32.1. The Morgan fingerprint density at radius 3 is 2.81 bits per heavy atom. The highest BCUT2D eigenvalue weighted by Crippen LogP contribution is 2.40. The van der Waals surface area contributed by atoms with Crippen LogP contribution in [0.3, 0.4) is 0 Å². The molecule has 1 amide bonds. The summed E-state index contributed by atoms with van der Waals surface area (Å²) in [6, 6.07) is 8.41. The molecule has 0 spiro atoms. The van der Waals surface area contributed by atoms with Crippen molar-refractivity contribution in [2.45, 2.75) is 51.9 Å². The summed E-state index contributed by atoms with van der Waals surface area (Å²) in [5.74, 6) is 0.0369. The summed E-state index contributed by atoms with van der Waals surface area (Å²) in [4.78, 5) is 21.4. The number of ether oxygens (including phenoxy) is 1. The van der Waals surface area contributed by atoms with Gasteiger partial charge in [0.2, 0.25) is 5.91 Å². The van der Waals surface area contributed by atoms with E-state index in [0.717, 1.165) is 24.8 Å². The van der Waals surface area contributed by atoms with Gasteiger partial charge in [0.05, 0.1) is 19.3 Å². The maximum absolute atomic E-state index is 13.0. The first-order chi connectivity index (χ1) is 13.2. The summed E-state index contributed by atoms with van der Waals surface area (Å²) in [5.41, 5.74) is 1.55. The van der Waals surface area contributed by atoms with Crippen LogP contribution in [0.25, 0.3) is 0 Å². The fourth-order valence-electron chi connectivity index (χ4n) is 4.04. The minimum Gasteiger partial charge on any atom is -0.371 e. The van der Waals surface area contributed by atoms with Gasteiger partial charge in [-0.25, -0.2) is 0 Å². The van der Waals surface area contributed by atoms with Crippen molar-refractivity contribution in [2.75, 3.05) is 6.54 Å². The quantitative estimate of drug-likeness (QED) is 0.789. The SMILES string of the molecule is N#CC1(C(=O)N2CCc3sc(COCc4ccncc4)cc3C2)CCCC1. The number of pyridine rings is 1. The van der Waals surface area contributed by atoms with Gasteiger partial charge in [0, 0.05) is 35.2 Å². The van der Waals surface area contributed by atoms with E-state index in [0.29, 0.717) is 39.1 Å². The monoisotopic (exact) mass is 381 g/mol. The van der Waals surface area contributed by atoms with Crippen LogP contribution in [0.2, 0.25) is 0 Å². The maximum atomic E-state index is 13.0. The second kappa shape index (κ2) is 7.79. The lowest BCUT2D eigenvalue weighted by molar-refractivity contribution is -0.139. The molecule has 1 saturated carbocycles. The van der Waals surface area contributed by atoms with Gasteiger partial charge in [0.15, 0.2) is 0 Å². The highest BCUT2D eigenvalue weighted by Gasteiger charge is 2.44. The minimum atomic E-state index is -0.774. The number of nitriles is 1. The third-order valence-corrected chi connectivity index (χ3v) is 6.76. The molecule has 5 nitrogen and oxygen atoms in total. The van der Waals surface area contributed by atoms with Crippen molar-refractivity contribution in [3.8, 4) is 6.07 Å². The fourth-order valence-corrected chi connectivity index (χ4v) is 5.15. The number of nitrogens with zero attached hydrogens (tertiary/aromatic N) is 3. The lowest BCUT2D eigenvalue weighted by Gasteiger charge is -2.32. The van der Waals surface area contributed by atoms with E-state index in [1.807, 2.05) is 17.0 Å². The number of rotatable bonds is 5. The molecular formula is C21H23N3O2S. The number of thiophene rings is 1. The average molecular weight is 382 g/mol. The van der Waals surface area contributed by atoms with E-state index in [-0.39, 0.29) is 5.91 Å². The largest absolute Gasteiger partial charge is 0.371 e. The van der Waals surface area contributed by atoms with Gasteiger partial charge in [-0.2, -0.15) is 5.26 Å². The van der Waals surface area contributed by atoms with Crippen molar-refractivity contribution < 1.29 is 9.53 Å². The van der Waals surface area contributed by atoms with E-state index >= 15 is 0 Å². The second-order valence-electron chi connectivity index (χ2n) is 7.39. The number of aromatic nitrogens is 1. The van der Waals surface area contributed by atoms with Gasteiger partial charge in [-0.15, -0.1) is 11.3 Å². The molecule has 0 N–H and O–H groups in total. The number of hydrogen-bond acceptors (Lipinski definition) is 5. The molecule has 0 radical (unpaired) electrons.